The van der Waals surface area contributed by atoms with Crippen molar-refractivity contribution in [1.29, 1.82) is 0 Å². The Kier molecular flexibility index (Phi) is 5.45. The molecule has 3 aliphatic heterocycles. The summed E-state index contributed by atoms with van der Waals surface area (Å²) < 4.78 is 20.9. The number of hydrogen-bond donors (Lipinski definition) is 2. The SMILES string of the molecule is CC[S+]([O-])NC1COC2(CCN(CC3CCNC3)CC2)C1. The maximum Gasteiger partial charge on any atom is 0.122 e. The zero-order valence-electron chi connectivity index (χ0n) is 13.1. The highest BCUT2D eigenvalue weighted by molar-refractivity contribution is 7.89. The highest BCUT2D eigenvalue weighted by atomic mass is 32.2. The average molecular weight is 315 g/mol. The summed E-state index contributed by atoms with van der Waals surface area (Å²) in [6, 6.07) is 0.274. The molecule has 3 aliphatic rings. The van der Waals surface area contributed by atoms with E-state index in [1.807, 2.05) is 6.92 Å². The molecule has 0 aromatic heterocycles. The van der Waals surface area contributed by atoms with Crippen LogP contribution in [0, 0.1) is 5.92 Å². The minimum absolute atomic E-state index is 0.0556. The van der Waals surface area contributed by atoms with Gasteiger partial charge in [-0.15, -0.1) is 4.72 Å². The molecule has 0 aromatic rings. The van der Waals surface area contributed by atoms with Crippen LogP contribution in [0.3, 0.4) is 0 Å². The van der Waals surface area contributed by atoms with E-state index < -0.39 is 11.4 Å². The number of nitrogens with zero attached hydrogens (tertiary/aromatic N) is 1. The Labute approximate surface area is 131 Å². The molecular formula is C15H29N3O2S. The van der Waals surface area contributed by atoms with E-state index in [0.29, 0.717) is 5.75 Å². The molecule has 3 fully saturated rings. The van der Waals surface area contributed by atoms with E-state index in [2.05, 4.69) is 14.9 Å². The summed E-state index contributed by atoms with van der Waals surface area (Å²) in [5, 5.41) is 3.45. The predicted molar refractivity (Wildman–Crippen MR) is 85.6 cm³/mol. The molecule has 5 nitrogen and oxygen atoms in total. The lowest BCUT2D eigenvalue weighted by atomic mass is 9.87. The van der Waals surface area contributed by atoms with Gasteiger partial charge in [0, 0.05) is 31.0 Å². The normalized spacial score (nSPS) is 34.6. The van der Waals surface area contributed by atoms with Gasteiger partial charge in [0.2, 0.25) is 0 Å². The topological polar surface area (TPSA) is 59.6 Å². The lowest BCUT2D eigenvalue weighted by Crippen LogP contribution is -2.46. The zero-order chi connectivity index (χ0) is 14.7. The molecule has 0 radical (unpaired) electrons. The Bertz CT molecular complexity index is 331. The van der Waals surface area contributed by atoms with Crippen molar-refractivity contribution < 1.29 is 9.29 Å². The van der Waals surface area contributed by atoms with Crippen molar-refractivity contribution in [3.05, 3.63) is 0 Å². The number of nitrogens with one attached hydrogen (secondary N) is 2. The zero-order valence-corrected chi connectivity index (χ0v) is 13.9. The molecule has 1 spiro atoms. The summed E-state index contributed by atoms with van der Waals surface area (Å²) in [4.78, 5) is 2.61. The fraction of sp³-hybridized carbons (Fsp3) is 1.00. The van der Waals surface area contributed by atoms with Gasteiger partial charge in [-0.1, -0.05) is 0 Å². The van der Waals surface area contributed by atoms with Crippen LogP contribution >= 0.6 is 0 Å². The van der Waals surface area contributed by atoms with Crippen molar-refractivity contribution in [3.8, 4) is 0 Å². The second kappa shape index (κ2) is 7.15. The summed E-state index contributed by atoms with van der Waals surface area (Å²) in [5.41, 5.74) is 0.0556. The first kappa shape index (κ1) is 16.0. The summed E-state index contributed by atoms with van der Waals surface area (Å²) in [6.07, 6.45) is 4.61. The summed E-state index contributed by atoms with van der Waals surface area (Å²) in [5.74, 6) is 1.51. The largest absolute Gasteiger partial charge is 0.598 e. The van der Waals surface area contributed by atoms with Crippen molar-refractivity contribution in [1.82, 2.24) is 14.9 Å². The average Bonchev–Trinajstić information content (AvgIpc) is 3.12. The second-order valence-corrected chi connectivity index (χ2v) is 8.31. The minimum Gasteiger partial charge on any atom is -0.598 e. The van der Waals surface area contributed by atoms with E-state index in [4.69, 9.17) is 4.74 Å². The Morgan fingerprint density at radius 2 is 2.24 bits per heavy atom. The molecule has 3 saturated heterocycles. The summed E-state index contributed by atoms with van der Waals surface area (Å²) >= 11 is -0.896. The third kappa shape index (κ3) is 4.12. The Balaban J connectivity index is 1.42. The third-order valence-corrected chi connectivity index (χ3v) is 6.34. The molecule has 0 aromatic carbocycles. The Hall–Kier alpha value is 0.150. The molecule has 3 rings (SSSR count). The molecule has 0 aliphatic carbocycles. The van der Waals surface area contributed by atoms with Crippen molar-refractivity contribution >= 4 is 11.4 Å². The quantitative estimate of drug-likeness (QED) is 0.723. The number of likely N-dealkylation sites (tertiary alicyclic amines) is 1. The van der Waals surface area contributed by atoms with Crippen LogP contribution in [-0.4, -0.2) is 66.2 Å². The molecule has 2 N–H and O–H groups in total. The monoisotopic (exact) mass is 315 g/mol. The van der Waals surface area contributed by atoms with Crippen LogP contribution in [0.15, 0.2) is 0 Å². The fourth-order valence-corrected chi connectivity index (χ4v) is 4.61. The van der Waals surface area contributed by atoms with E-state index in [1.165, 1.54) is 26.1 Å². The first-order chi connectivity index (χ1) is 10.2. The van der Waals surface area contributed by atoms with Crippen LogP contribution in [0.2, 0.25) is 0 Å². The Morgan fingerprint density at radius 3 is 2.90 bits per heavy atom. The summed E-state index contributed by atoms with van der Waals surface area (Å²) in [6.45, 7) is 8.59. The summed E-state index contributed by atoms with van der Waals surface area (Å²) in [7, 11) is 0. The molecule has 122 valence electrons. The van der Waals surface area contributed by atoms with Gasteiger partial charge in [-0.25, -0.2) is 0 Å². The molecule has 6 heteroatoms. The van der Waals surface area contributed by atoms with Gasteiger partial charge in [0.15, 0.2) is 0 Å². The van der Waals surface area contributed by atoms with Gasteiger partial charge >= 0.3 is 0 Å². The maximum absolute atomic E-state index is 11.6. The van der Waals surface area contributed by atoms with Crippen LogP contribution in [0.4, 0.5) is 0 Å². The number of piperidine rings is 1. The minimum atomic E-state index is -0.896. The standard InChI is InChI=1S/C15H29N3O2S/c1-2-21(19)17-14-9-15(20-12-14)4-7-18(8-5-15)11-13-3-6-16-10-13/h13-14,16-17H,2-12H2,1H3. The van der Waals surface area contributed by atoms with Gasteiger partial charge in [-0.05, 0) is 51.6 Å². The molecule has 3 unspecified atom stereocenters. The fourth-order valence-electron chi connectivity index (χ4n) is 3.92. The van der Waals surface area contributed by atoms with Gasteiger partial charge in [0.25, 0.3) is 0 Å². The smallest absolute Gasteiger partial charge is 0.122 e. The van der Waals surface area contributed by atoms with Crippen molar-refractivity contribution in [3.63, 3.8) is 0 Å². The first-order valence-corrected chi connectivity index (χ1v) is 9.72. The maximum atomic E-state index is 11.6. The van der Waals surface area contributed by atoms with Gasteiger partial charge in [-0.2, -0.15) is 0 Å². The van der Waals surface area contributed by atoms with Gasteiger partial charge in [0.1, 0.15) is 5.75 Å². The molecule has 0 bridgehead atoms. The Morgan fingerprint density at radius 1 is 1.43 bits per heavy atom. The number of ether oxygens (including phenoxy) is 1. The molecular weight excluding hydrogens is 286 g/mol. The number of rotatable bonds is 5. The lowest BCUT2D eigenvalue weighted by molar-refractivity contribution is -0.0452. The van der Waals surface area contributed by atoms with Crippen molar-refractivity contribution in [2.75, 3.05) is 45.1 Å². The van der Waals surface area contributed by atoms with Crippen LogP contribution in [0.5, 0.6) is 0 Å². The molecule has 3 atom stereocenters. The first-order valence-electron chi connectivity index (χ1n) is 8.41. The predicted octanol–water partition coefficient (Wildman–Crippen LogP) is 0.493. The van der Waals surface area contributed by atoms with E-state index in [-0.39, 0.29) is 11.6 Å². The van der Waals surface area contributed by atoms with Crippen LogP contribution in [-0.2, 0) is 16.1 Å². The second-order valence-electron chi connectivity index (χ2n) is 6.81. The molecule has 0 saturated carbocycles. The number of hydrogen-bond acceptors (Lipinski definition) is 5. The highest BCUT2D eigenvalue weighted by Gasteiger charge is 2.43. The van der Waals surface area contributed by atoms with Crippen LogP contribution in [0.1, 0.15) is 32.6 Å². The van der Waals surface area contributed by atoms with E-state index in [1.54, 1.807) is 0 Å². The van der Waals surface area contributed by atoms with Crippen molar-refractivity contribution in [2.24, 2.45) is 5.92 Å². The van der Waals surface area contributed by atoms with Crippen LogP contribution in [0.25, 0.3) is 0 Å². The van der Waals surface area contributed by atoms with E-state index in [0.717, 1.165) is 44.9 Å². The van der Waals surface area contributed by atoms with Gasteiger partial charge < -0.3 is 19.5 Å². The van der Waals surface area contributed by atoms with Gasteiger partial charge in [-0.3, -0.25) is 0 Å². The van der Waals surface area contributed by atoms with E-state index >= 15 is 0 Å². The highest BCUT2D eigenvalue weighted by Crippen LogP contribution is 2.36. The van der Waals surface area contributed by atoms with E-state index in [9.17, 15) is 4.55 Å². The third-order valence-electron chi connectivity index (χ3n) is 5.22. The molecule has 21 heavy (non-hydrogen) atoms. The van der Waals surface area contributed by atoms with Gasteiger partial charge in [0.05, 0.1) is 18.2 Å². The molecule has 3 heterocycles. The van der Waals surface area contributed by atoms with Crippen LogP contribution < -0.4 is 10.0 Å². The lowest BCUT2D eigenvalue weighted by Gasteiger charge is -2.39. The van der Waals surface area contributed by atoms with Crippen molar-refractivity contribution in [2.45, 2.75) is 44.2 Å². The molecule has 0 amide bonds.